The minimum atomic E-state index is -0.554. The number of piperazine rings is 1. The van der Waals surface area contributed by atoms with Crippen LogP contribution in [-0.2, 0) is 0 Å². The molecule has 4 rings (SSSR count). The van der Waals surface area contributed by atoms with Crippen molar-refractivity contribution in [3.05, 3.63) is 76.8 Å². The summed E-state index contributed by atoms with van der Waals surface area (Å²) in [4.78, 5) is 35.7. The highest BCUT2D eigenvalue weighted by Gasteiger charge is 2.15. The molecule has 1 saturated heterocycles. The molecular weight excluding hydrogens is 366 g/mol. The van der Waals surface area contributed by atoms with E-state index in [4.69, 9.17) is 0 Å². The van der Waals surface area contributed by atoms with Gasteiger partial charge in [-0.25, -0.2) is 4.79 Å². The Balaban J connectivity index is 1.48. The first-order valence-electron chi connectivity index (χ1n) is 9.60. The number of hydrogen-bond donors (Lipinski definition) is 2. The van der Waals surface area contributed by atoms with Gasteiger partial charge in [-0.2, -0.15) is 4.98 Å². The van der Waals surface area contributed by atoms with Crippen LogP contribution in [0.2, 0.25) is 0 Å². The summed E-state index contributed by atoms with van der Waals surface area (Å²) >= 11 is 0. The van der Waals surface area contributed by atoms with Crippen LogP contribution in [0.3, 0.4) is 0 Å². The molecule has 29 heavy (non-hydrogen) atoms. The largest absolute Gasteiger partial charge is 0.369 e. The van der Waals surface area contributed by atoms with Crippen LogP contribution in [0.4, 0.5) is 11.4 Å². The molecule has 1 amide bonds. The molecule has 1 aromatic heterocycles. The highest BCUT2D eigenvalue weighted by atomic mass is 16.2. The average Bonchev–Trinajstić information content (AvgIpc) is 2.75. The first-order valence-corrected chi connectivity index (χ1v) is 9.60. The van der Waals surface area contributed by atoms with E-state index >= 15 is 0 Å². The molecule has 1 aliphatic heterocycles. The molecule has 0 spiro atoms. The third-order valence-corrected chi connectivity index (χ3v) is 5.05. The van der Waals surface area contributed by atoms with Gasteiger partial charge in [-0.1, -0.05) is 30.3 Å². The van der Waals surface area contributed by atoms with Crippen molar-refractivity contribution < 1.29 is 4.79 Å². The van der Waals surface area contributed by atoms with Crippen molar-refractivity contribution in [3.8, 4) is 11.3 Å². The molecule has 0 atom stereocenters. The third kappa shape index (κ3) is 4.52. The predicted molar refractivity (Wildman–Crippen MR) is 114 cm³/mol. The van der Waals surface area contributed by atoms with Gasteiger partial charge in [0.2, 0.25) is 0 Å². The Morgan fingerprint density at radius 1 is 1.00 bits per heavy atom. The fourth-order valence-corrected chi connectivity index (χ4v) is 3.36. The van der Waals surface area contributed by atoms with Gasteiger partial charge in [0.1, 0.15) is 5.69 Å². The summed E-state index contributed by atoms with van der Waals surface area (Å²) in [5, 5.41) is 2.84. The fraction of sp³-hybridized carbons (Fsp3) is 0.227. The Morgan fingerprint density at radius 2 is 1.69 bits per heavy atom. The van der Waals surface area contributed by atoms with E-state index in [1.54, 1.807) is 6.07 Å². The number of amides is 1. The number of aromatic amines is 1. The number of rotatable bonds is 4. The third-order valence-electron chi connectivity index (χ3n) is 5.05. The standard InChI is InChI=1S/C22H23N5O2/c1-26-11-13-27(14-12-26)18-9-7-17(8-10-18)23-21(28)20-15-19(24-22(29)25-20)16-5-3-2-4-6-16/h2-10,15H,11-14H2,1H3,(H,23,28)(H,24,25,29). The summed E-state index contributed by atoms with van der Waals surface area (Å²) in [5.41, 5.74) is 2.68. The number of carbonyl (C=O) groups is 1. The van der Waals surface area contributed by atoms with E-state index in [-0.39, 0.29) is 11.6 Å². The van der Waals surface area contributed by atoms with Crippen LogP contribution in [0.1, 0.15) is 10.5 Å². The fourth-order valence-electron chi connectivity index (χ4n) is 3.36. The maximum atomic E-state index is 12.6. The lowest BCUT2D eigenvalue weighted by Gasteiger charge is -2.34. The second kappa shape index (κ2) is 8.28. The van der Waals surface area contributed by atoms with Gasteiger partial charge in [0.05, 0.1) is 5.69 Å². The van der Waals surface area contributed by atoms with Crippen LogP contribution in [0.25, 0.3) is 11.3 Å². The SMILES string of the molecule is CN1CCN(c2ccc(NC(=O)c3cc(-c4ccccc4)nc(=O)[nH]3)cc2)CC1. The van der Waals surface area contributed by atoms with Crippen LogP contribution in [0.15, 0.2) is 65.5 Å². The summed E-state index contributed by atoms with van der Waals surface area (Å²) in [6.45, 7) is 4.06. The zero-order chi connectivity index (χ0) is 20.2. The molecule has 0 radical (unpaired) electrons. The lowest BCUT2D eigenvalue weighted by molar-refractivity contribution is 0.102. The van der Waals surface area contributed by atoms with Gasteiger partial charge >= 0.3 is 5.69 Å². The number of aromatic nitrogens is 2. The quantitative estimate of drug-likeness (QED) is 0.716. The lowest BCUT2D eigenvalue weighted by Crippen LogP contribution is -2.44. The molecule has 2 N–H and O–H groups in total. The molecule has 148 valence electrons. The second-order valence-corrected chi connectivity index (χ2v) is 7.14. The number of likely N-dealkylation sites (N-methyl/N-ethyl adjacent to an activating group) is 1. The summed E-state index contributed by atoms with van der Waals surface area (Å²) in [5.74, 6) is -0.381. The minimum absolute atomic E-state index is 0.173. The van der Waals surface area contributed by atoms with Crippen molar-refractivity contribution in [2.75, 3.05) is 43.4 Å². The summed E-state index contributed by atoms with van der Waals surface area (Å²) in [7, 11) is 2.13. The van der Waals surface area contributed by atoms with E-state index in [2.05, 4.69) is 32.1 Å². The van der Waals surface area contributed by atoms with Gasteiger partial charge in [-0.3, -0.25) is 4.79 Å². The Bertz CT molecular complexity index is 1040. The molecule has 2 heterocycles. The molecule has 0 aliphatic carbocycles. The number of nitrogens with zero attached hydrogens (tertiary/aromatic N) is 3. The Kier molecular flexibility index (Phi) is 5.39. The molecule has 0 saturated carbocycles. The zero-order valence-corrected chi connectivity index (χ0v) is 16.3. The molecule has 0 unspecified atom stereocenters. The van der Waals surface area contributed by atoms with Gasteiger partial charge in [-0.05, 0) is 37.4 Å². The maximum Gasteiger partial charge on any atom is 0.346 e. The van der Waals surface area contributed by atoms with Crippen LogP contribution in [0, 0.1) is 0 Å². The van der Waals surface area contributed by atoms with Gasteiger partial charge in [-0.15, -0.1) is 0 Å². The molecule has 7 heteroatoms. The van der Waals surface area contributed by atoms with Gasteiger partial charge < -0.3 is 20.1 Å². The topological polar surface area (TPSA) is 81.3 Å². The first kappa shape index (κ1) is 18.9. The Hall–Kier alpha value is -3.45. The molecular formula is C22H23N5O2. The van der Waals surface area contributed by atoms with Gasteiger partial charge in [0.15, 0.2) is 0 Å². The summed E-state index contributed by atoms with van der Waals surface area (Å²) in [6.07, 6.45) is 0. The van der Waals surface area contributed by atoms with Crippen molar-refractivity contribution in [2.45, 2.75) is 0 Å². The molecule has 1 aliphatic rings. The summed E-state index contributed by atoms with van der Waals surface area (Å²) < 4.78 is 0. The average molecular weight is 389 g/mol. The number of nitrogens with one attached hydrogen (secondary N) is 2. The van der Waals surface area contributed by atoms with Crippen molar-refractivity contribution in [1.29, 1.82) is 0 Å². The monoisotopic (exact) mass is 389 g/mol. The normalized spacial score (nSPS) is 14.6. The predicted octanol–water partition coefficient (Wildman–Crippen LogP) is 2.44. The minimum Gasteiger partial charge on any atom is -0.369 e. The highest BCUT2D eigenvalue weighted by molar-refractivity contribution is 6.03. The van der Waals surface area contributed by atoms with Crippen molar-refractivity contribution in [3.63, 3.8) is 0 Å². The summed E-state index contributed by atoms with van der Waals surface area (Å²) in [6, 6.07) is 18.7. The molecule has 3 aromatic rings. The number of benzene rings is 2. The van der Waals surface area contributed by atoms with Gasteiger partial charge in [0, 0.05) is 43.1 Å². The van der Waals surface area contributed by atoms with Crippen LogP contribution in [-0.4, -0.2) is 54.0 Å². The highest BCUT2D eigenvalue weighted by Crippen LogP contribution is 2.20. The number of anilines is 2. The number of hydrogen-bond acceptors (Lipinski definition) is 5. The maximum absolute atomic E-state index is 12.6. The van der Waals surface area contributed by atoms with E-state index in [9.17, 15) is 9.59 Å². The second-order valence-electron chi connectivity index (χ2n) is 7.14. The molecule has 0 bridgehead atoms. The van der Waals surface area contributed by atoms with Crippen LogP contribution >= 0.6 is 0 Å². The van der Waals surface area contributed by atoms with E-state index in [1.807, 2.05) is 54.6 Å². The van der Waals surface area contributed by atoms with Crippen molar-refractivity contribution >= 4 is 17.3 Å². The van der Waals surface area contributed by atoms with Crippen molar-refractivity contribution in [1.82, 2.24) is 14.9 Å². The molecule has 1 fully saturated rings. The first-order chi connectivity index (χ1) is 14.1. The molecule has 7 nitrogen and oxygen atoms in total. The molecule has 2 aromatic carbocycles. The van der Waals surface area contributed by atoms with E-state index in [0.29, 0.717) is 11.4 Å². The van der Waals surface area contributed by atoms with Crippen molar-refractivity contribution in [2.24, 2.45) is 0 Å². The van der Waals surface area contributed by atoms with E-state index < -0.39 is 5.69 Å². The zero-order valence-electron chi connectivity index (χ0n) is 16.3. The van der Waals surface area contributed by atoms with E-state index in [1.165, 1.54) is 0 Å². The number of H-pyrrole nitrogens is 1. The Labute approximate surface area is 169 Å². The number of carbonyl (C=O) groups excluding carboxylic acids is 1. The lowest BCUT2D eigenvalue weighted by atomic mass is 10.1. The Morgan fingerprint density at radius 3 is 2.38 bits per heavy atom. The van der Waals surface area contributed by atoms with Crippen LogP contribution < -0.4 is 15.9 Å². The smallest absolute Gasteiger partial charge is 0.346 e. The van der Waals surface area contributed by atoms with Gasteiger partial charge in [0.25, 0.3) is 5.91 Å². The van der Waals surface area contributed by atoms with Crippen LogP contribution in [0.5, 0.6) is 0 Å². The van der Waals surface area contributed by atoms with E-state index in [0.717, 1.165) is 37.4 Å².